The number of hydrogen-bond donors (Lipinski definition) is 1. The van der Waals surface area contributed by atoms with Gasteiger partial charge in [-0.15, -0.1) is 11.3 Å². The molecule has 0 radical (unpaired) electrons. The molecule has 0 saturated carbocycles. The van der Waals surface area contributed by atoms with Crippen molar-refractivity contribution in [2.24, 2.45) is 0 Å². The van der Waals surface area contributed by atoms with Crippen molar-refractivity contribution in [2.75, 3.05) is 32.6 Å². The summed E-state index contributed by atoms with van der Waals surface area (Å²) in [6.45, 7) is 1.69. The van der Waals surface area contributed by atoms with Gasteiger partial charge in [-0.1, -0.05) is 11.3 Å². The van der Waals surface area contributed by atoms with Crippen molar-refractivity contribution in [1.29, 1.82) is 0 Å². The molecule has 19 heavy (non-hydrogen) atoms. The predicted octanol–water partition coefficient (Wildman–Crippen LogP) is 2.01. The highest BCUT2D eigenvalue weighted by molar-refractivity contribution is 7.15. The molecule has 1 N–H and O–H groups in total. The number of anilines is 1. The van der Waals surface area contributed by atoms with Crippen LogP contribution in [0.5, 0.6) is 5.88 Å². The normalized spacial score (nSPS) is 10.7. The van der Waals surface area contributed by atoms with E-state index in [2.05, 4.69) is 15.3 Å². The lowest BCUT2D eigenvalue weighted by Crippen LogP contribution is -2.16. The molecule has 0 aliphatic carbocycles. The standard InChI is InChI=1S/C12H18N4OS2/c1-16(2)12-15-11(17-3)9(19-12)8-13-5-4-10-14-6-7-18-10/h6-7,13H,4-5,8H2,1-3H3. The number of ether oxygens (including phenoxy) is 1. The summed E-state index contributed by atoms with van der Waals surface area (Å²) in [6.07, 6.45) is 2.80. The van der Waals surface area contributed by atoms with Crippen LogP contribution in [0.2, 0.25) is 0 Å². The first-order valence-electron chi connectivity index (χ1n) is 6.01. The van der Waals surface area contributed by atoms with Crippen LogP contribution >= 0.6 is 22.7 Å². The van der Waals surface area contributed by atoms with Gasteiger partial charge in [-0.05, 0) is 0 Å². The molecule has 0 bridgehead atoms. The number of thiazole rings is 2. The molecule has 7 heteroatoms. The Hall–Kier alpha value is -1.18. The summed E-state index contributed by atoms with van der Waals surface area (Å²) >= 11 is 3.35. The van der Waals surface area contributed by atoms with E-state index in [4.69, 9.17) is 4.74 Å². The predicted molar refractivity (Wildman–Crippen MR) is 80.5 cm³/mol. The molecule has 0 spiro atoms. The van der Waals surface area contributed by atoms with E-state index in [-0.39, 0.29) is 0 Å². The summed E-state index contributed by atoms with van der Waals surface area (Å²) < 4.78 is 5.30. The topological polar surface area (TPSA) is 50.3 Å². The Kier molecular flexibility index (Phi) is 5.12. The molecule has 5 nitrogen and oxygen atoms in total. The molecule has 104 valence electrons. The van der Waals surface area contributed by atoms with Crippen molar-refractivity contribution in [1.82, 2.24) is 15.3 Å². The summed E-state index contributed by atoms with van der Waals surface area (Å²) in [5.74, 6) is 0.718. The molecule has 0 saturated heterocycles. The lowest BCUT2D eigenvalue weighted by Gasteiger charge is -2.05. The summed E-state index contributed by atoms with van der Waals surface area (Å²) in [6, 6.07) is 0. The second-order valence-electron chi connectivity index (χ2n) is 4.18. The summed E-state index contributed by atoms with van der Waals surface area (Å²) in [7, 11) is 5.63. The Balaban J connectivity index is 1.84. The van der Waals surface area contributed by atoms with Gasteiger partial charge in [0.15, 0.2) is 5.13 Å². The first kappa shape index (κ1) is 14.2. The number of hydrogen-bond acceptors (Lipinski definition) is 7. The highest BCUT2D eigenvalue weighted by Gasteiger charge is 2.12. The van der Waals surface area contributed by atoms with Gasteiger partial charge < -0.3 is 15.0 Å². The molecule has 2 heterocycles. The van der Waals surface area contributed by atoms with E-state index in [0.717, 1.165) is 40.4 Å². The van der Waals surface area contributed by atoms with Crippen LogP contribution in [0.1, 0.15) is 9.88 Å². The van der Waals surface area contributed by atoms with E-state index in [1.807, 2.05) is 30.6 Å². The summed E-state index contributed by atoms with van der Waals surface area (Å²) in [4.78, 5) is 11.8. The second-order valence-corrected chi connectivity index (χ2v) is 6.22. The van der Waals surface area contributed by atoms with Crippen LogP contribution in [-0.2, 0) is 13.0 Å². The number of nitrogens with one attached hydrogen (secondary N) is 1. The Morgan fingerprint density at radius 2 is 2.26 bits per heavy atom. The van der Waals surface area contributed by atoms with Gasteiger partial charge in [0.05, 0.1) is 17.0 Å². The first-order valence-corrected chi connectivity index (χ1v) is 7.70. The molecule has 0 unspecified atom stereocenters. The zero-order valence-electron chi connectivity index (χ0n) is 11.3. The number of nitrogens with zero attached hydrogens (tertiary/aromatic N) is 3. The molecule has 0 atom stereocenters. The van der Waals surface area contributed by atoms with Crippen molar-refractivity contribution in [3.8, 4) is 5.88 Å². The fourth-order valence-corrected chi connectivity index (χ4v) is 3.10. The highest BCUT2D eigenvalue weighted by atomic mass is 32.1. The van der Waals surface area contributed by atoms with Crippen LogP contribution in [0.25, 0.3) is 0 Å². The lowest BCUT2D eigenvalue weighted by atomic mass is 10.4. The van der Waals surface area contributed by atoms with Gasteiger partial charge in [0.2, 0.25) is 5.88 Å². The smallest absolute Gasteiger partial charge is 0.230 e. The van der Waals surface area contributed by atoms with E-state index in [0.29, 0.717) is 0 Å². The van der Waals surface area contributed by atoms with Crippen LogP contribution in [-0.4, -0.2) is 37.7 Å². The van der Waals surface area contributed by atoms with Crippen molar-refractivity contribution < 1.29 is 4.74 Å². The molecule has 0 amide bonds. The van der Waals surface area contributed by atoms with Gasteiger partial charge >= 0.3 is 0 Å². The number of methoxy groups -OCH3 is 1. The van der Waals surface area contributed by atoms with E-state index >= 15 is 0 Å². The SMILES string of the molecule is COc1nc(N(C)C)sc1CNCCc1nccs1. The minimum atomic E-state index is 0.718. The van der Waals surface area contributed by atoms with Gasteiger partial charge in [0, 0.05) is 45.2 Å². The van der Waals surface area contributed by atoms with Gasteiger partial charge in [0.25, 0.3) is 0 Å². The average Bonchev–Trinajstić information content (AvgIpc) is 3.03. The second kappa shape index (κ2) is 6.83. The third-order valence-electron chi connectivity index (χ3n) is 2.51. The van der Waals surface area contributed by atoms with Crippen LogP contribution in [0.4, 0.5) is 5.13 Å². The van der Waals surface area contributed by atoms with Crippen molar-refractivity contribution >= 4 is 27.8 Å². The van der Waals surface area contributed by atoms with Crippen molar-refractivity contribution in [2.45, 2.75) is 13.0 Å². The quantitative estimate of drug-likeness (QED) is 0.792. The molecule has 2 rings (SSSR count). The van der Waals surface area contributed by atoms with E-state index < -0.39 is 0 Å². The third kappa shape index (κ3) is 3.89. The Morgan fingerprint density at radius 3 is 2.89 bits per heavy atom. The molecule has 2 aromatic heterocycles. The number of aromatic nitrogens is 2. The molecule has 0 aliphatic heterocycles. The van der Waals surface area contributed by atoms with Crippen LogP contribution in [0.3, 0.4) is 0 Å². The molecule has 0 aliphatic rings. The van der Waals surface area contributed by atoms with E-state index in [1.165, 1.54) is 0 Å². The van der Waals surface area contributed by atoms with E-state index in [1.54, 1.807) is 29.8 Å². The Bertz CT molecular complexity index is 496. The third-order valence-corrected chi connectivity index (χ3v) is 4.55. The zero-order chi connectivity index (χ0) is 13.7. The Labute approximate surface area is 121 Å². The first-order chi connectivity index (χ1) is 9.20. The number of rotatable bonds is 7. The monoisotopic (exact) mass is 298 g/mol. The summed E-state index contributed by atoms with van der Waals surface area (Å²) in [5, 5.41) is 7.54. The minimum Gasteiger partial charge on any atom is -0.480 e. The molecular weight excluding hydrogens is 280 g/mol. The summed E-state index contributed by atoms with van der Waals surface area (Å²) in [5.41, 5.74) is 0. The molecular formula is C12H18N4OS2. The molecule has 0 fully saturated rings. The highest BCUT2D eigenvalue weighted by Crippen LogP contribution is 2.30. The average molecular weight is 298 g/mol. The maximum Gasteiger partial charge on any atom is 0.230 e. The van der Waals surface area contributed by atoms with Gasteiger partial charge in [-0.25, -0.2) is 4.98 Å². The van der Waals surface area contributed by atoms with E-state index in [9.17, 15) is 0 Å². The minimum absolute atomic E-state index is 0.718. The van der Waals surface area contributed by atoms with Crippen molar-refractivity contribution in [3.63, 3.8) is 0 Å². The zero-order valence-corrected chi connectivity index (χ0v) is 13.0. The van der Waals surface area contributed by atoms with Crippen LogP contribution in [0, 0.1) is 0 Å². The van der Waals surface area contributed by atoms with Crippen LogP contribution in [0.15, 0.2) is 11.6 Å². The fraction of sp³-hybridized carbons (Fsp3) is 0.500. The van der Waals surface area contributed by atoms with Crippen LogP contribution < -0.4 is 15.0 Å². The Morgan fingerprint density at radius 1 is 1.42 bits per heavy atom. The van der Waals surface area contributed by atoms with Gasteiger partial charge in [-0.3, -0.25) is 0 Å². The van der Waals surface area contributed by atoms with Gasteiger partial charge in [-0.2, -0.15) is 4.98 Å². The largest absolute Gasteiger partial charge is 0.480 e. The lowest BCUT2D eigenvalue weighted by molar-refractivity contribution is 0.395. The van der Waals surface area contributed by atoms with Gasteiger partial charge in [0.1, 0.15) is 0 Å². The molecule has 0 aromatic carbocycles. The maximum absolute atomic E-state index is 5.30. The molecule has 2 aromatic rings. The van der Waals surface area contributed by atoms with Crippen molar-refractivity contribution in [3.05, 3.63) is 21.5 Å². The maximum atomic E-state index is 5.30. The fourth-order valence-electron chi connectivity index (χ4n) is 1.56.